The van der Waals surface area contributed by atoms with E-state index in [9.17, 15) is 18.0 Å². The van der Waals surface area contributed by atoms with Crippen LogP contribution in [-0.2, 0) is 4.79 Å². The average molecular weight is 366 g/mol. The van der Waals surface area contributed by atoms with Gasteiger partial charge in [0.25, 0.3) is 0 Å². The summed E-state index contributed by atoms with van der Waals surface area (Å²) in [5.74, 6) is -0.0285. The zero-order valence-electron chi connectivity index (χ0n) is 13.7. The van der Waals surface area contributed by atoms with Crippen LogP contribution in [0.1, 0.15) is 12.8 Å². The molecule has 1 saturated heterocycles. The zero-order chi connectivity index (χ0) is 18.6. The Labute approximate surface area is 148 Å². The molecule has 3 rings (SSSR count). The smallest absolute Gasteiger partial charge is 0.406 e. The summed E-state index contributed by atoms with van der Waals surface area (Å²) in [6.45, 7) is 1.32. The topological polar surface area (TPSA) is 67.3 Å². The van der Waals surface area contributed by atoms with Gasteiger partial charge in [0.15, 0.2) is 0 Å². The molecule has 1 aromatic heterocycles. The van der Waals surface area contributed by atoms with Gasteiger partial charge in [-0.05, 0) is 25.0 Å². The van der Waals surface area contributed by atoms with Gasteiger partial charge in [-0.3, -0.25) is 9.78 Å². The van der Waals surface area contributed by atoms with E-state index >= 15 is 0 Å². The third kappa shape index (κ3) is 4.84. The van der Waals surface area contributed by atoms with Gasteiger partial charge in [0, 0.05) is 43.2 Å². The highest BCUT2D eigenvalue weighted by molar-refractivity contribution is 5.92. The molecule has 2 aromatic rings. The standard InChI is InChI=1S/C17H17F3N4O2/c18-17(19,20)26-14-3-1-2-13(10-14)23-16(25)12-4-8-24(9-5-12)15-11-21-6-7-22-15/h1-3,6-7,10-12H,4-5,8-9H2,(H,23,25). The highest BCUT2D eigenvalue weighted by Gasteiger charge is 2.31. The SMILES string of the molecule is O=C(Nc1cccc(OC(F)(F)F)c1)C1CCN(c2cnccn2)CC1. The zero-order valence-corrected chi connectivity index (χ0v) is 13.7. The first-order valence-corrected chi connectivity index (χ1v) is 8.08. The molecule has 26 heavy (non-hydrogen) atoms. The molecule has 0 bridgehead atoms. The van der Waals surface area contributed by atoms with Gasteiger partial charge in [0.1, 0.15) is 11.6 Å². The number of nitrogens with zero attached hydrogens (tertiary/aromatic N) is 3. The Morgan fingerprint density at radius 3 is 2.65 bits per heavy atom. The lowest BCUT2D eigenvalue weighted by molar-refractivity contribution is -0.274. The number of alkyl halides is 3. The molecule has 1 N–H and O–H groups in total. The molecule has 1 aliphatic rings. The summed E-state index contributed by atoms with van der Waals surface area (Å²) in [7, 11) is 0. The van der Waals surface area contributed by atoms with Crippen molar-refractivity contribution in [3.05, 3.63) is 42.9 Å². The van der Waals surface area contributed by atoms with Gasteiger partial charge in [-0.2, -0.15) is 0 Å². The van der Waals surface area contributed by atoms with Gasteiger partial charge < -0.3 is 15.0 Å². The largest absolute Gasteiger partial charge is 0.573 e. The third-order valence-corrected chi connectivity index (χ3v) is 4.07. The predicted octanol–water partition coefficient (Wildman–Crippen LogP) is 3.23. The van der Waals surface area contributed by atoms with Crippen molar-refractivity contribution < 1.29 is 22.7 Å². The van der Waals surface area contributed by atoms with E-state index in [1.165, 1.54) is 18.2 Å². The van der Waals surface area contributed by atoms with Crippen LogP contribution in [0.4, 0.5) is 24.7 Å². The Hall–Kier alpha value is -2.84. The lowest BCUT2D eigenvalue weighted by Crippen LogP contribution is -2.38. The van der Waals surface area contributed by atoms with Crippen LogP contribution in [0.2, 0.25) is 0 Å². The van der Waals surface area contributed by atoms with Gasteiger partial charge in [-0.25, -0.2) is 4.98 Å². The minimum absolute atomic E-state index is 0.213. The fraction of sp³-hybridized carbons (Fsp3) is 0.353. The molecule has 138 valence electrons. The molecule has 1 fully saturated rings. The molecule has 0 spiro atoms. The van der Waals surface area contributed by atoms with Crippen LogP contribution >= 0.6 is 0 Å². The van der Waals surface area contributed by atoms with Crippen LogP contribution in [0, 0.1) is 5.92 Å². The normalized spacial score (nSPS) is 15.6. The number of amides is 1. The molecular formula is C17H17F3N4O2. The number of anilines is 2. The molecular weight excluding hydrogens is 349 g/mol. The maximum Gasteiger partial charge on any atom is 0.573 e. The molecule has 0 aliphatic carbocycles. The van der Waals surface area contributed by atoms with E-state index in [1.807, 2.05) is 0 Å². The van der Waals surface area contributed by atoms with Crippen molar-refractivity contribution in [2.24, 2.45) is 5.92 Å². The van der Waals surface area contributed by atoms with Crippen LogP contribution < -0.4 is 15.0 Å². The number of nitrogens with one attached hydrogen (secondary N) is 1. The van der Waals surface area contributed by atoms with E-state index in [0.29, 0.717) is 25.9 Å². The number of halogens is 3. The fourth-order valence-electron chi connectivity index (χ4n) is 2.84. The monoisotopic (exact) mass is 366 g/mol. The number of ether oxygens (including phenoxy) is 1. The number of aromatic nitrogens is 2. The number of rotatable bonds is 4. The highest BCUT2D eigenvalue weighted by atomic mass is 19.4. The van der Waals surface area contributed by atoms with Crippen LogP contribution in [0.5, 0.6) is 5.75 Å². The summed E-state index contributed by atoms with van der Waals surface area (Å²) in [4.78, 5) is 22.7. The Kier molecular flexibility index (Phi) is 5.24. The van der Waals surface area contributed by atoms with E-state index < -0.39 is 6.36 Å². The second-order valence-electron chi connectivity index (χ2n) is 5.89. The average Bonchev–Trinajstić information content (AvgIpc) is 2.61. The molecule has 0 unspecified atom stereocenters. The Morgan fingerprint density at radius 2 is 2.00 bits per heavy atom. The van der Waals surface area contributed by atoms with Crippen molar-refractivity contribution in [3.8, 4) is 5.75 Å². The maximum atomic E-state index is 12.4. The minimum atomic E-state index is -4.77. The summed E-state index contributed by atoms with van der Waals surface area (Å²) in [6.07, 6.45) is 1.37. The van der Waals surface area contributed by atoms with Crippen molar-refractivity contribution in [3.63, 3.8) is 0 Å². The summed E-state index contributed by atoms with van der Waals surface area (Å²) in [5.41, 5.74) is 0.271. The predicted molar refractivity (Wildman–Crippen MR) is 88.7 cm³/mol. The molecule has 9 heteroatoms. The van der Waals surface area contributed by atoms with Crippen molar-refractivity contribution in [2.45, 2.75) is 19.2 Å². The van der Waals surface area contributed by atoms with Crippen molar-refractivity contribution in [2.75, 3.05) is 23.3 Å². The van der Waals surface area contributed by atoms with Gasteiger partial charge in [0.05, 0.1) is 6.20 Å². The molecule has 0 atom stereocenters. The second-order valence-corrected chi connectivity index (χ2v) is 5.89. The fourth-order valence-corrected chi connectivity index (χ4v) is 2.84. The first-order chi connectivity index (χ1) is 12.4. The minimum Gasteiger partial charge on any atom is -0.406 e. The van der Waals surface area contributed by atoms with Gasteiger partial charge >= 0.3 is 6.36 Å². The third-order valence-electron chi connectivity index (χ3n) is 4.07. The van der Waals surface area contributed by atoms with E-state index in [4.69, 9.17) is 0 Å². The van der Waals surface area contributed by atoms with Crippen molar-refractivity contribution in [1.29, 1.82) is 0 Å². The molecule has 0 saturated carbocycles. The number of hydrogen-bond donors (Lipinski definition) is 1. The van der Waals surface area contributed by atoms with E-state index in [2.05, 4.69) is 24.9 Å². The van der Waals surface area contributed by atoms with E-state index in [-0.39, 0.29) is 23.3 Å². The number of hydrogen-bond acceptors (Lipinski definition) is 5. The molecule has 6 nitrogen and oxygen atoms in total. The Bertz CT molecular complexity index is 747. The first kappa shape index (κ1) is 18.0. The summed E-state index contributed by atoms with van der Waals surface area (Å²) >= 11 is 0. The summed E-state index contributed by atoms with van der Waals surface area (Å²) in [5, 5.41) is 2.66. The van der Waals surface area contributed by atoms with Gasteiger partial charge in [0.2, 0.25) is 5.91 Å². The van der Waals surface area contributed by atoms with Crippen LogP contribution in [0.3, 0.4) is 0 Å². The number of benzene rings is 1. The first-order valence-electron chi connectivity index (χ1n) is 8.08. The van der Waals surface area contributed by atoms with E-state index in [1.54, 1.807) is 18.6 Å². The lowest BCUT2D eigenvalue weighted by atomic mass is 9.96. The lowest BCUT2D eigenvalue weighted by Gasteiger charge is -2.31. The van der Waals surface area contributed by atoms with Crippen LogP contribution in [0.25, 0.3) is 0 Å². The number of carbonyl (C=O) groups is 1. The van der Waals surface area contributed by atoms with Crippen molar-refractivity contribution in [1.82, 2.24) is 9.97 Å². The quantitative estimate of drug-likeness (QED) is 0.900. The molecule has 1 aliphatic heterocycles. The number of carbonyl (C=O) groups excluding carboxylic acids is 1. The Balaban J connectivity index is 1.55. The maximum absolute atomic E-state index is 12.4. The van der Waals surface area contributed by atoms with E-state index in [0.717, 1.165) is 11.9 Å². The number of piperidine rings is 1. The van der Waals surface area contributed by atoms with Crippen LogP contribution in [0.15, 0.2) is 42.9 Å². The van der Waals surface area contributed by atoms with Gasteiger partial charge in [-0.15, -0.1) is 13.2 Å². The highest BCUT2D eigenvalue weighted by Crippen LogP contribution is 2.26. The second kappa shape index (κ2) is 7.59. The molecule has 1 amide bonds. The van der Waals surface area contributed by atoms with Gasteiger partial charge in [-0.1, -0.05) is 6.07 Å². The summed E-state index contributed by atoms with van der Waals surface area (Å²) in [6, 6.07) is 5.26. The summed E-state index contributed by atoms with van der Waals surface area (Å²) < 4.78 is 40.7. The molecule has 0 radical (unpaired) electrons. The van der Waals surface area contributed by atoms with Crippen molar-refractivity contribution >= 4 is 17.4 Å². The molecule has 1 aromatic carbocycles. The van der Waals surface area contributed by atoms with Crippen LogP contribution in [-0.4, -0.2) is 35.3 Å². The molecule has 2 heterocycles. The Morgan fingerprint density at radius 1 is 1.23 bits per heavy atom.